The highest BCUT2D eigenvalue weighted by Crippen LogP contribution is 2.29. The maximum Gasteiger partial charge on any atom is 0.221 e. The number of carbonyl (C=O) groups excluding carboxylic acids is 1. The van der Waals surface area contributed by atoms with Gasteiger partial charge in [0.05, 0.1) is 12.8 Å². The first-order valence-electron chi connectivity index (χ1n) is 5.73. The normalized spacial score (nSPS) is 10.1. The summed E-state index contributed by atoms with van der Waals surface area (Å²) in [5.41, 5.74) is 1.77. The molecule has 0 saturated heterocycles. The SMILES string of the molecule is COc1cccc(CCCCO)c1NC(C)=O. The third-order valence-electron chi connectivity index (χ3n) is 2.49. The molecule has 0 spiro atoms. The fraction of sp³-hybridized carbons (Fsp3) is 0.462. The molecule has 0 aromatic heterocycles. The van der Waals surface area contributed by atoms with Crippen molar-refractivity contribution < 1.29 is 14.6 Å². The third-order valence-corrected chi connectivity index (χ3v) is 2.49. The molecule has 4 heteroatoms. The van der Waals surface area contributed by atoms with Crippen LogP contribution in [0.15, 0.2) is 18.2 Å². The predicted octanol–water partition coefficient (Wildman–Crippen LogP) is 1.97. The summed E-state index contributed by atoms with van der Waals surface area (Å²) in [6.45, 7) is 1.67. The molecule has 1 aromatic carbocycles. The van der Waals surface area contributed by atoms with E-state index < -0.39 is 0 Å². The lowest BCUT2D eigenvalue weighted by Crippen LogP contribution is -2.09. The molecular weight excluding hydrogens is 218 g/mol. The van der Waals surface area contributed by atoms with Crippen LogP contribution in [0.25, 0.3) is 0 Å². The van der Waals surface area contributed by atoms with E-state index in [4.69, 9.17) is 9.84 Å². The van der Waals surface area contributed by atoms with E-state index in [-0.39, 0.29) is 12.5 Å². The fourth-order valence-electron chi connectivity index (χ4n) is 1.70. The smallest absolute Gasteiger partial charge is 0.221 e. The van der Waals surface area contributed by atoms with Crippen molar-refractivity contribution in [2.75, 3.05) is 19.0 Å². The van der Waals surface area contributed by atoms with Crippen molar-refractivity contribution in [1.82, 2.24) is 0 Å². The number of anilines is 1. The summed E-state index contributed by atoms with van der Waals surface area (Å²) < 4.78 is 5.23. The Morgan fingerprint density at radius 3 is 2.76 bits per heavy atom. The summed E-state index contributed by atoms with van der Waals surface area (Å²) >= 11 is 0. The van der Waals surface area contributed by atoms with Crippen molar-refractivity contribution in [2.24, 2.45) is 0 Å². The topological polar surface area (TPSA) is 58.6 Å². The van der Waals surface area contributed by atoms with Crippen LogP contribution in [0.2, 0.25) is 0 Å². The molecule has 0 unspecified atom stereocenters. The average molecular weight is 237 g/mol. The standard InChI is InChI=1S/C13H19NO3/c1-10(16)14-13-11(6-3-4-9-15)7-5-8-12(13)17-2/h5,7-8,15H,3-4,6,9H2,1-2H3,(H,14,16). The summed E-state index contributed by atoms with van der Waals surface area (Å²) in [5, 5.41) is 11.6. The lowest BCUT2D eigenvalue weighted by Gasteiger charge is -2.13. The molecule has 0 fully saturated rings. The molecule has 94 valence electrons. The summed E-state index contributed by atoms with van der Waals surface area (Å²) in [4.78, 5) is 11.2. The zero-order valence-corrected chi connectivity index (χ0v) is 10.3. The molecule has 0 aliphatic rings. The van der Waals surface area contributed by atoms with E-state index in [0.717, 1.165) is 30.5 Å². The van der Waals surface area contributed by atoms with Crippen LogP contribution in [0.3, 0.4) is 0 Å². The molecule has 0 bridgehead atoms. The van der Waals surface area contributed by atoms with Crippen LogP contribution in [-0.4, -0.2) is 24.7 Å². The highest BCUT2D eigenvalue weighted by Gasteiger charge is 2.09. The Balaban J connectivity index is 2.89. The fourth-order valence-corrected chi connectivity index (χ4v) is 1.70. The molecule has 17 heavy (non-hydrogen) atoms. The Morgan fingerprint density at radius 2 is 2.18 bits per heavy atom. The van der Waals surface area contributed by atoms with Gasteiger partial charge in [-0.15, -0.1) is 0 Å². The number of ether oxygens (including phenoxy) is 1. The maximum absolute atomic E-state index is 11.2. The number of aryl methyl sites for hydroxylation is 1. The molecule has 0 aliphatic heterocycles. The number of rotatable bonds is 6. The molecule has 2 N–H and O–H groups in total. The van der Waals surface area contributed by atoms with Crippen LogP contribution in [0.4, 0.5) is 5.69 Å². The summed E-state index contributed by atoms with van der Waals surface area (Å²) in [5.74, 6) is 0.555. The van der Waals surface area contributed by atoms with Crippen molar-refractivity contribution in [2.45, 2.75) is 26.2 Å². The van der Waals surface area contributed by atoms with E-state index in [1.54, 1.807) is 7.11 Å². The number of aliphatic hydroxyl groups is 1. The number of amides is 1. The van der Waals surface area contributed by atoms with Gasteiger partial charge in [0.2, 0.25) is 5.91 Å². The van der Waals surface area contributed by atoms with Gasteiger partial charge in [-0.25, -0.2) is 0 Å². The molecule has 1 aromatic rings. The number of aliphatic hydroxyl groups excluding tert-OH is 1. The number of nitrogens with one attached hydrogen (secondary N) is 1. The lowest BCUT2D eigenvalue weighted by atomic mass is 10.1. The van der Waals surface area contributed by atoms with Crippen molar-refractivity contribution >= 4 is 11.6 Å². The summed E-state index contributed by atoms with van der Waals surface area (Å²) in [6, 6.07) is 5.68. The zero-order valence-electron chi connectivity index (χ0n) is 10.3. The largest absolute Gasteiger partial charge is 0.495 e. The molecule has 1 amide bonds. The van der Waals surface area contributed by atoms with E-state index in [2.05, 4.69) is 5.32 Å². The number of carbonyl (C=O) groups is 1. The van der Waals surface area contributed by atoms with E-state index in [1.807, 2.05) is 18.2 Å². The lowest BCUT2D eigenvalue weighted by molar-refractivity contribution is -0.114. The van der Waals surface area contributed by atoms with Crippen molar-refractivity contribution in [3.63, 3.8) is 0 Å². The van der Waals surface area contributed by atoms with Gasteiger partial charge in [-0.2, -0.15) is 0 Å². The summed E-state index contributed by atoms with van der Waals surface area (Å²) in [7, 11) is 1.58. The van der Waals surface area contributed by atoms with Gasteiger partial charge in [0.25, 0.3) is 0 Å². The van der Waals surface area contributed by atoms with E-state index in [0.29, 0.717) is 5.75 Å². The second-order valence-electron chi connectivity index (χ2n) is 3.86. The van der Waals surface area contributed by atoms with Gasteiger partial charge in [-0.3, -0.25) is 4.79 Å². The molecule has 0 saturated carbocycles. The molecule has 0 atom stereocenters. The number of hydrogen-bond donors (Lipinski definition) is 2. The van der Waals surface area contributed by atoms with Crippen LogP contribution >= 0.6 is 0 Å². The minimum absolute atomic E-state index is 0.113. The first-order chi connectivity index (χ1) is 8.19. The zero-order chi connectivity index (χ0) is 12.7. The molecule has 4 nitrogen and oxygen atoms in total. The molecular formula is C13H19NO3. The number of unbranched alkanes of at least 4 members (excludes halogenated alkanes) is 1. The van der Waals surface area contributed by atoms with Crippen LogP contribution < -0.4 is 10.1 Å². The predicted molar refractivity (Wildman–Crippen MR) is 67.3 cm³/mol. The average Bonchev–Trinajstić information content (AvgIpc) is 2.30. The third kappa shape index (κ3) is 4.07. The van der Waals surface area contributed by atoms with Crippen LogP contribution in [-0.2, 0) is 11.2 Å². The monoisotopic (exact) mass is 237 g/mol. The highest BCUT2D eigenvalue weighted by atomic mass is 16.5. The molecule has 1 rings (SSSR count). The minimum atomic E-state index is -0.113. The molecule has 0 radical (unpaired) electrons. The van der Waals surface area contributed by atoms with Gasteiger partial charge in [0.15, 0.2) is 0 Å². The van der Waals surface area contributed by atoms with Crippen LogP contribution in [0, 0.1) is 0 Å². The Labute approximate surface area is 102 Å². The first kappa shape index (κ1) is 13.5. The minimum Gasteiger partial charge on any atom is -0.495 e. The van der Waals surface area contributed by atoms with Gasteiger partial charge < -0.3 is 15.2 Å². The quantitative estimate of drug-likeness (QED) is 0.744. The Bertz CT molecular complexity index is 377. The van der Waals surface area contributed by atoms with Crippen molar-refractivity contribution in [3.8, 4) is 5.75 Å². The van der Waals surface area contributed by atoms with Crippen molar-refractivity contribution in [3.05, 3.63) is 23.8 Å². The number of para-hydroxylation sites is 1. The Hall–Kier alpha value is -1.55. The highest BCUT2D eigenvalue weighted by molar-refractivity contribution is 5.91. The summed E-state index contributed by atoms with van der Waals surface area (Å²) in [6.07, 6.45) is 2.46. The van der Waals surface area contributed by atoms with Gasteiger partial charge in [-0.05, 0) is 30.9 Å². The maximum atomic E-state index is 11.2. The van der Waals surface area contributed by atoms with E-state index in [9.17, 15) is 4.79 Å². The van der Waals surface area contributed by atoms with Gasteiger partial charge in [-0.1, -0.05) is 12.1 Å². The second kappa shape index (κ2) is 6.91. The number of benzene rings is 1. The van der Waals surface area contributed by atoms with Crippen molar-refractivity contribution in [1.29, 1.82) is 0 Å². The van der Waals surface area contributed by atoms with Gasteiger partial charge in [0.1, 0.15) is 5.75 Å². The number of methoxy groups -OCH3 is 1. The molecule has 0 heterocycles. The van der Waals surface area contributed by atoms with Gasteiger partial charge >= 0.3 is 0 Å². The van der Waals surface area contributed by atoms with Crippen LogP contribution in [0.5, 0.6) is 5.75 Å². The Morgan fingerprint density at radius 1 is 1.41 bits per heavy atom. The second-order valence-corrected chi connectivity index (χ2v) is 3.86. The van der Waals surface area contributed by atoms with Gasteiger partial charge in [0, 0.05) is 13.5 Å². The van der Waals surface area contributed by atoms with E-state index >= 15 is 0 Å². The van der Waals surface area contributed by atoms with E-state index in [1.165, 1.54) is 6.92 Å². The first-order valence-corrected chi connectivity index (χ1v) is 5.73. The van der Waals surface area contributed by atoms with Crippen LogP contribution in [0.1, 0.15) is 25.3 Å². The number of hydrogen-bond acceptors (Lipinski definition) is 3. The molecule has 0 aliphatic carbocycles. The Kier molecular flexibility index (Phi) is 5.49.